The van der Waals surface area contributed by atoms with Crippen LogP contribution in [0.15, 0.2) is 30.6 Å². The average Bonchev–Trinajstić information content (AvgIpc) is 3.29. The number of alkyl halides is 5. The summed E-state index contributed by atoms with van der Waals surface area (Å²) in [7, 11) is 1.22. The fraction of sp³-hybridized carbons (Fsp3) is 0.333. The lowest BCUT2D eigenvalue weighted by molar-refractivity contribution is -0.137. The molecule has 12 heteroatoms. The van der Waals surface area contributed by atoms with Crippen LogP contribution in [0.1, 0.15) is 33.8 Å². The van der Waals surface area contributed by atoms with E-state index >= 15 is 0 Å². The lowest BCUT2D eigenvalue weighted by atomic mass is 9.98. The molecule has 1 fully saturated rings. The van der Waals surface area contributed by atoms with Gasteiger partial charge in [0.25, 0.3) is 11.8 Å². The minimum Gasteiger partial charge on any atom is -0.332 e. The molecule has 0 aliphatic heterocycles. The third-order valence-corrected chi connectivity index (χ3v) is 4.60. The molecule has 2 amide bonds. The molecular weight excluding hydrogens is 435 g/mol. The second-order valence-electron chi connectivity index (χ2n) is 6.75. The molecular formula is C18H14ClF5N4O2. The number of carbonyl (C=O) groups is 2. The number of likely N-dealkylation sites (N-methyl/N-ethyl adjacent to an activating group) is 1. The maximum absolute atomic E-state index is 13.5. The molecule has 1 aromatic heterocycles. The van der Waals surface area contributed by atoms with Crippen LogP contribution in [0.4, 0.5) is 27.9 Å². The molecule has 0 saturated heterocycles. The molecule has 2 aromatic rings. The molecule has 6 nitrogen and oxygen atoms in total. The molecule has 1 aliphatic rings. The number of halogens is 6. The van der Waals surface area contributed by atoms with Crippen LogP contribution in [0.25, 0.3) is 0 Å². The van der Waals surface area contributed by atoms with E-state index in [0.29, 0.717) is 12.1 Å². The van der Waals surface area contributed by atoms with Crippen molar-refractivity contribution in [2.24, 2.45) is 0 Å². The summed E-state index contributed by atoms with van der Waals surface area (Å²) in [6, 6.07) is 2.06. The summed E-state index contributed by atoms with van der Waals surface area (Å²) in [5.41, 5.74) is -1.84. The number of rotatable bonds is 5. The van der Waals surface area contributed by atoms with Gasteiger partial charge in [-0.2, -0.15) is 13.2 Å². The Balaban J connectivity index is 1.78. The van der Waals surface area contributed by atoms with Crippen LogP contribution in [0.2, 0.25) is 5.02 Å². The number of carbonyl (C=O) groups excluding carboxylic acids is 2. The number of anilines is 1. The molecule has 1 aromatic carbocycles. The van der Waals surface area contributed by atoms with Crippen molar-refractivity contribution >= 4 is 29.4 Å². The SMILES string of the molecule is CN(CC(=O)Nc1ncc(Cl)cn1)C(=O)c1ccc(C(F)(F)F)cc1C1CC1(F)F. The van der Waals surface area contributed by atoms with Crippen molar-refractivity contribution in [2.45, 2.75) is 24.4 Å². The number of hydrogen-bond acceptors (Lipinski definition) is 4. The zero-order valence-electron chi connectivity index (χ0n) is 15.3. The molecule has 1 aliphatic carbocycles. The number of amides is 2. The molecule has 1 unspecified atom stereocenters. The van der Waals surface area contributed by atoms with Gasteiger partial charge in [-0.1, -0.05) is 11.6 Å². The van der Waals surface area contributed by atoms with Crippen molar-refractivity contribution in [1.29, 1.82) is 0 Å². The van der Waals surface area contributed by atoms with Crippen molar-refractivity contribution in [3.05, 3.63) is 52.3 Å². The van der Waals surface area contributed by atoms with E-state index in [2.05, 4.69) is 15.3 Å². The lowest BCUT2D eigenvalue weighted by Crippen LogP contribution is -2.35. The van der Waals surface area contributed by atoms with Crippen LogP contribution < -0.4 is 5.32 Å². The first kappa shape index (κ1) is 21.9. The van der Waals surface area contributed by atoms with Gasteiger partial charge in [0, 0.05) is 19.0 Å². The van der Waals surface area contributed by atoms with Crippen LogP contribution in [0.5, 0.6) is 0 Å². The van der Waals surface area contributed by atoms with E-state index in [1.807, 2.05) is 0 Å². The summed E-state index contributed by atoms with van der Waals surface area (Å²) in [6.07, 6.45) is -2.91. The van der Waals surface area contributed by atoms with Crippen molar-refractivity contribution < 1.29 is 31.5 Å². The van der Waals surface area contributed by atoms with Gasteiger partial charge in [-0.25, -0.2) is 18.7 Å². The van der Waals surface area contributed by atoms with Crippen LogP contribution >= 0.6 is 11.6 Å². The van der Waals surface area contributed by atoms with Gasteiger partial charge < -0.3 is 4.90 Å². The van der Waals surface area contributed by atoms with Crippen LogP contribution in [-0.2, 0) is 11.0 Å². The Morgan fingerprint density at radius 1 is 1.27 bits per heavy atom. The first-order valence-electron chi connectivity index (χ1n) is 8.50. The highest BCUT2D eigenvalue weighted by Gasteiger charge is 2.58. The highest BCUT2D eigenvalue weighted by Crippen LogP contribution is 2.57. The quantitative estimate of drug-likeness (QED) is 0.702. The van der Waals surface area contributed by atoms with E-state index in [0.717, 1.165) is 11.0 Å². The van der Waals surface area contributed by atoms with Gasteiger partial charge in [-0.15, -0.1) is 0 Å². The normalized spacial score (nSPS) is 17.4. The highest BCUT2D eigenvalue weighted by molar-refractivity contribution is 6.30. The molecule has 1 heterocycles. The maximum atomic E-state index is 13.5. The first-order valence-corrected chi connectivity index (χ1v) is 8.88. The number of nitrogens with zero attached hydrogens (tertiary/aromatic N) is 3. The molecule has 0 spiro atoms. The Labute approximate surface area is 172 Å². The fourth-order valence-corrected chi connectivity index (χ4v) is 2.90. The van der Waals surface area contributed by atoms with Gasteiger partial charge >= 0.3 is 6.18 Å². The first-order chi connectivity index (χ1) is 13.9. The predicted octanol–water partition coefficient (Wildman–Crippen LogP) is 3.98. The van der Waals surface area contributed by atoms with E-state index in [1.165, 1.54) is 19.4 Å². The van der Waals surface area contributed by atoms with E-state index < -0.39 is 53.9 Å². The van der Waals surface area contributed by atoms with Gasteiger partial charge in [0.05, 0.1) is 35.4 Å². The molecule has 3 rings (SSSR count). The van der Waals surface area contributed by atoms with Crippen LogP contribution in [0.3, 0.4) is 0 Å². The molecule has 160 valence electrons. The number of nitrogens with one attached hydrogen (secondary N) is 1. The highest BCUT2D eigenvalue weighted by atomic mass is 35.5. The summed E-state index contributed by atoms with van der Waals surface area (Å²) in [5, 5.41) is 2.56. The Bertz CT molecular complexity index is 982. The van der Waals surface area contributed by atoms with Crippen molar-refractivity contribution in [2.75, 3.05) is 18.9 Å². The lowest BCUT2D eigenvalue weighted by Gasteiger charge is -2.19. The van der Waals surface area contributed by atoms with E-state index in [-0.39, 0.29) is 16.5 Å². The number of hydrogen-bond donors (Lipinski definition) is 1. The second-order valence-corrected chi connectivity index (χ2v) is 7.19. The molecule has 30 heavy (non-hydrogen) atoms. The molecule has 0 radical (unpaired) electrons. The summed E-state index contributed by atoms with van der Waals surface area (Å²) < 4.78 is 66.0. The standard InChI is InChI=1S/C18H14ClF5N4O2/c1-28(8-14(29)27-16-25-6-10(19)7-26-16)15(30)11-3-2-9(18(22,23)24)4-12(11)13-5-17(13,20)21/h2-4,6-7,13H,5,8H2,1H3,(H,25,26,27,29). The number of benzene rings is 1. The van der Waals surface area contributed by atoms with E-state index in [4.69, 9.17) is 11.6 Å². The minimum absolute atomic E-state index is 0.0712. The van der Waals surface area contributed by atoms with Gasteiger partial charge in [0.15, 0.2) is 0 Å². The Morgan fingerprint density at radius 3 is 2.40 bits per heavy atom. The third-order valence-electron chi connectivity index (χ3n) is 4.41. The van der Waals surface area contributed by atoms with Gasteiger partial charge in [0.2, 0.25) is 11.9 Å². The fourth-order valence-electron chi connectivity index (χ4n) is 2.81. The summed E-state index contributed by atoms with van der Waals surface area (Å²) >= 11 is 5.63. The van der Waals surface area contributed by atoms with Gasteiger partial charge in [-0.05, 0) is 23.8 Å². The van der Waals surface area contributed by atoms with Crippen LogP contribution in [0, 0.1) is 0 Å². The maximum Gasteiger partial charge on any atom is 0.416 e. The largest absolute Gasteiger partial charge is 0.416 e. The van der Waals surface area contributed by atoms with Gasteiger partial charge in [-0.3, -0.25) is 14.9 Å². The second kappa shape index (κ2) is 7.78. The zero-order valence-corrected chi connectivity index (χ0v) is 16.1. The van der Waals surface area contributed by atoms with Crippen molar-refractivity contribution in [3.8, 4) is 0 Å². The minimum atomic E-state index is -4.75. The zero-order chi connectivity index (χ0) is 22.3. The molecule has 0 bridgehead atoms. The van der Waals surface area contributed by atoms with Crippen LogP contribution in [-0.4, -0.2) is 46.2 Å². The van der Waals surface area contributed by atoms with Crippen molar-refractivity contribution in [3.63, 3.8) is 0 Å². The topological polar surface area (TPSA) is 75.2 Å². The monoisotopic (exact) mass is 448 g/mol. The summed E-state index contributed by atoms with van der Waals surface area (Å²) in [4.78, 5) is 33.2. The predicted molar refractivity (Wildman–Crippen MR) is 96.4 cm³/mol. The molecule has 1 atom stereocenters. The Morgan fingerprint density at radius 2 is 1.87 bits per heavy atom. The smallest absolute Gasteiger partial charge is 0.332 e. The van der Waals surface area contributed by atoms with Crippen molar-refractivity contribution in [1.82, 2.24) is 14.9 Å². The summed E-state index contributed by atoms with van der Waals surface area (Å²) in [5.74, 6) is -6.30. The van der Waals surface area contributed by atoms with Gasteiger partial charge in [0.1, 0.15) is 0 Å². The third kappa shape index (κ3) is 4.84. The molecule has 1 saturated carbocycles. The Kier molecular flexibility index (Phi) is 5.68. The van der Waals surface area contributed by atoms with E-state index in [1.54, 1.807) is 0 Å². The summed E-state index contributed by atoms with van der Waals surface area (Å²) in [6.45, 7) is -0.508. The Hall–Kier alpha value is -2.82. The average molecular weight is 449 g/mol. The van der Waals surface area contributed by atoms with E-state index in [9.17, 15) is 31.5 Å². The molecule has 1 N–H and O–H groups in total. The number of aromatic nitrogens is 2.